The van der Waals surface area contributed by atoms with Gasteiger partial charge in [-0.3, -0.25) is 4.79 Å². The molecule has 1 heterocycles. The molecule has 0 fully saturated rings. The van der Waals surface area contributed by atoms with Crippen molar-refractivity contribution in [3.8, 4) is 5.75 Å². The largest absolute Gasteiger partial charge is 0.497 e. The van der Waals surface area contributed by atoms with Crippen molar-refractivity contribution in [3.05, 3.63) is 45.3 Å². The minimum absolute atomic E-state index is 0.0650. The topological polar surface area (TPSA) is 87.7 Å². The van der Waals surface area contributed by atoms with Crippen molar-refractivity contribution in [2.45, 2.75) is 39.7 Å². The number of ether oxygens (including phenoxy) is 1. The number of aryl methyl sites for hydroxylation is 1. The van der Waals surface area contributed by atoms with Crippen LogP contribution in [0.2, 0.25) is 0 Å². The highest BCUT2D eigenvalue weighted by Crippen LogP contribution is 2.44. The summed E-state index contributed by atoms with van der Waals surface area (Å²) in [5.74, 6) is -0.634. The molecule has 0 saturated carbocycles. The number of hydrogen-bond donors (Lipinski definition) is 3. The molecule has 150 valence electrons. The van der Waals surface area contributed by atoms with Gasteiger partial charge in [0, 0.05) is 17.0 Å². The van der Waals surface area contributed by atoms with Gasteiger partial charge in [0.2, 0.25) is 0 Å². The number of methoxy groups -OCH3 is 1. The third-order valence-electron chi connectivity index (χ3n) is 5.14. The van der Waals surface area contributed by atoms with Crippen molar-refractivity contribution < 1.29 is 19.4 Å². The Bertz CT molecular complexity index is 917. The maximum Gasteiger partial charge on any atom is 0.339 e. The average molecular weight is 403 g/mol. The zero-order valence-corrected chi connectivity index (χ0v) is 17.5. The number of carbonyl (C=O) groups excluding carboxylic acids is 1. The van der Waals surface area contributed by atoms with E-state index in [-0.39, 0.29) is 16.9 Å². The predicted molar refractivity (Wildman–Crippen MR) is 111 cm³/mol. The first-order chi connectivity index (χ1) is 13.3. The second-order valence-electron chi connectivity index (χ2n) is 7.86. The van der Waals surface area contributed by atoms with Gasteiger partial charge in [0.25, 0.3) is 5.91 Å². The van der Waals surface area contributed by atoms with Crippen LogP contribution in [0, 0.1) is 5.41 Å². The number of carbonyl (C=O) groups is 2. The molecular formula is C21H26N2O4S. The summed E-state index contributed by atoms with van der Waals surface area (Å²) in [4.78, 5) is 26.0. The maximum atomic E-state index is 13.0. The van der Waals surface area contributed by atoms with E-state index in [1.165, 1.54) is 11.3 Å². The summed E-state index contributed by atoms with van der Waals surface area (Å²) in [7, 11) is 3.38. The fourth-order valence-corrected chi connectivity index (χ4v) is 4.86. The van der Waals surface area contributed by atoms with Crippen LogP contribution in [0.4, 0.5) is 5.00 Å². The molecule has 1 aromatic heterocycles. The SMILES string of the molecule is CNCc1cc(OC)ccc1C(=O)Nc1sc2c(c1C(=O)O)CC(C)(C)CC2. The molecule has 2 aromatic rings. The minimum Gasteiger partial charge on any atom is -0.497 e. The first-order valence-electron chi connectivity index (χ1n) is 9.26. The van der Waals surface area contributed by atoms with E-state index in [0.29, 0.717) is 29.3 Å². The van der Waals surface area contributed by atoms with E-state index in [0.717, 1.165) is 28.8 Å². The number of benzene rings is 1. The molecule has 0 spiro atoms. The van der Waals surface area contributed by atoms with Crippen molar-refractivity contribution in [2.24, 2.45) is 5.41 Å². The van der Waals surface area contributed by atoms with Gasteiger partial charge >= 0.3 is 5.97 Å². The Morgan fingerprint density at radius 3 is 2.71 bits per heavy atom. The van der Waals surface area contributed by atoms with E-state index in [4.69, 9.17) is 4.74 Å². The van der Waals surface area contributed by atoms with Gasteiger partial charge in [-0.2, -0.15) is 0 Å². The lowest BCUT2D eigenvalue weighted by Crippen LogP contribution is -2.23. The molecule has 0 bridgehead atoms. The number of carboxylic acids is 1. The highest BCUT2D eigenvalue weighted by molar-refractivity contribution is 7.17. The van der Waals surface area contributed by atoms with E-state index in [2.05, 4.69) is 24.5 Å². The molecule has 28 heavy (non-hydrogen) atoms. The smallest absolute Gasteiger partial charge is 0.339 e. The number of carboxylic acid groups (broad SMARTS) is 1. The van der Waals surface area contributed by atoms with Gasteiger partial charge in [-0.25, -0.2) is 4.79 Å². The third kappa shape index (κ3) is 4.05. The summed E-state index contributed by atoms with van der Waals surface area (Å²) < 4.78 is 5.24. The van der Waals surface area contributed by atoms with Crippen LogP contribution in [0.5, 0.6) is 5.75 Å². The number of rotatable bonds is 6. The van der Waals surface area contributed by atoms with E-state index >= 15 is 0 Å². The molecule has 0 unspecified atom stereocenters. The number of anilines is 1. The summed E-state index contributed by atoms with van der Waals surface area (Å²) in [5.41, 5.74) is 2.46. The van der Waals surface area contributed by atoms with Crippen molar-refractivity contribution >= 4 is 28.2 Å². The molecule has 1 aliphatic rings. The molecule has 1 amide bonds. The fraction of sp³-hybridized carbons (Fsp3) is 0.429. The molecule has 0 aliphatic heterocycles. The lowest BCUT2D eigenvalue weighted by atomic mass is 9.76. The van der Waals surface area contributed by atoms with Crippen LogP contribution in [-0.4, -0.2) is 31.1 Å². The summed E-state index contributed by atoms with van der Waals surface area (Å²) in [6.07, 6.45) is 2.57. The minimum atomic E-state index is -0.990. The van der Waals surface area contributed by atoms with Crippen LogP contribution in [0.1, 0.15) is 57.0 Å². The second-order valence-corrected chi connectivity index (χ2v) is 8.97. The number of nitrogens with one attached hydrogen (secondary N) is 2. The molecule has 1 aliphatic carbocycles. The van der Waals surface area contributed by atoms with Crippen LogP contribution < -0.4 is 15.4 Å². The number of hydrogen-bond acceptors (Lipinski definition) is 5. The first-order valence-corrected chi connectivity index (χ1v) is 10.1. The summed E-state index contributed by atoms with van der Waals surface area (Å²) in [6, 6.07) is 5.25. The maximum absolute atomic E-state index is 13.0. The molecule has 1 aromatic carbocycles. The van der Waals surface area contributed by atoms with Crippen LogP contribution in [0.15, 0.2) is 18.2 Å². The summed E-state index contributed by atoms with van der Waals surface area (Å²) >= 11 is 1.39. The van der Waals surface area contributed by atoms with Crippen LogP contribution in [0.25, 0.3) is 0 Å². The van der Waals surface area contributed by atoms with Crippen LogP contribution in [-0.2, 0) is 19.4 Å². The van der Waals surface area contributed by atoms with E-state index in [1.54, 1.807) is 26.3 Å². The monoisotopic (exact) mass is 402 g/mol. The normalized spacial score (nSPS) is 15.0. The number of thiophene rings is 1. The quantitative estimate of drug-likeness (QED) is 0.681. The predicted octanol–water partition coefficient (Wildman–Crippen LogP) is 3.94. The van der Waals surface area contributed by atoms with Crippen molar-refractivity contribution in [1.82, 2.24) is 5.32 Å². The number of aromatic carboxylic acids is 1. The van der Waals surface area contributed by atoms with Crippen molar-refractivity contribution in [1.29, 1.82) is 0 Å². The Balaban J connectivity index is 1.95. The van der Waals surface area contributed by atoms with E-state index in [1.807, 2.05) is 6.07 Å². The van der Waals surface area contributed by atoms with Gasteiger partial charge in [-0.05, 0) is 61.1 Å². The number of amides is 1. The average Bonchev–Trinajstić information content (AvgIpc) is 2.97. The lowest BCUT2D eigenvalue weighted by Gasteiger charge is -2.29. The zero-order chi connectivity index (χ0) is 20.5. The molecule has 6 nitrogen and oxygen atoms in total. The van der Waals surface area contributed by atoms with Crippen molar-refractivity contribution in [3.63, 3.8) is 0 Å². The van der Waals surface area contributed by atoms with E-state index < -0.39 is 5.97 Å². The van der Waals surface area contributed by atoms with Crippen molar-refractivity contribution in [2.75, 3.05) is 19.5 Å². The fourth-order valence-electron chi connectivity index (χ4n) is 3.66. The number of fused-ring (bicyclic) bond motifs is 1. The lowest BCUT2D eigenvalue weighted by molar-refractivity contribution is 0.0696. The highest BCUT2D eigenvalue weighted by Gasteiger charge is 2.33. The Morgan fingerprint density at radius 1 is 1.32 bits per heavy atom. The Morgan fingerprint density at radius 2 is 2.07 bits per heavy atom. The molecular weight excluding hydrogens is 376 g/mol. The van der Waals surface area contributed by atoms with Gasteiger partial charge in [-0.1, -0.05) is 13.8 Å². The molecule has 0 radical (unpaired) electrons. The first kappa shape index (κ1) is 20.4. The Labute approximate surface area is 168 Å². The molecule has 3 N–H and O–H groups in total. The second kappa shape index (κ2) is 7.93. The molecule has 7 heteroatoms. The molecule has 0 saturated heterocycles. The van der Waals surface area contributed by atoms with Gasteiger partial charge in [0.05, 0.1) is 12.7 Å². The van der Waals surface area contributed by atoms with E-state index in [9.17, 15) is 14.7 Å². The van der Waals surface area contributed by atoms with Gasteiger partial charge < -0.3 is 20.5 Å². The molecule has 0 atom stereocenters. The Hall–Kier alpha value is -2.38. The summed E-state index contributed by atoms with van der Waals surface area (Å²) in [6.45, 7) is 4.80. The van der Waals surface area contributed by atoms with Crippen LogP contribution in [0.3, 0.4) is 0 Å². The third-order valence-corrected chi connectivity index (χ3v) is 6.35. The van der Waals surface area contributed by atoms with Crippen LogP contribution >= 0.6 is 11.3 Å². The molecule has 3 rings (SSSR count). The van der Waals surface area contributed by atoms with Gasteiger partial charge in [-0.15, -0.1) is 11.3 Å². The Kier molecular flexibility index (Phi) is 5.76. The summed E-state index contributed by atoms with van der Waals surface area (Å²) in [5, 5.41) is 16.1. The highest BCUT2D eigenvalue weighted by atomic mass is 32.1. The van der Waals surface area contributed by atoms with Gasteiger partial charge in [0.1, 0.15) is 10.8 Å². The van der Waals surface area contributed by atoms with Gasteiger partial charge in [0.15, 0.2) is 0 Å². The zero-order valence-electron chi connectivity index (χ0n) is 16.6. The standard InChI is InChI=1S/C21H26N2O4S/c1-21(2)8-7-16-15(10-21)17(20(25)26)19(28-16)23-18(24)14-6-5-13(27-4)9-12(14)11-22-3/h5-6,9,22H,7-8,10-11H2,1-4H3,(H,23,24)(H,25,26).